The number of carbonyl (C=O) groups is 5. The standard InChI is InChI=1S/C21H38N6O5/c1-16(2)11-23(4)18(29)13-25(6)20(31)15-27(8)21(32)14-26(7)19(30)12-24(5)17(28)9-10-22-3/h22H,1,9-15H2,2-8H3. The third-order valence-corrected chi connectivity index (χ3v) is 4.71. The zero-order chi connectivity index (χ0) is 25.0. The summed E-state index contributed by atoms with van der Waals surface area (Å²) in [7, 11) is 9.30. The molecule has 0 spiro atoms. The number of hydrogen-bond acceptors (Lipinski definition) is 6. The molecule has 0 heterocycles. The van der Waals surface area contributed by atoms with E-state index in [0.29, 0.717) is 13.1 Å². The van der Waals surface area contributed by atoms with Crippen LogP contribution in [0.3, 0.4) is 0 Å². The van der Waals surface area contributed by atoms with E-state index in [2.05, 4.69) is 11.9 Å². The van der Waals surface area contributed by atoms with E-state index in [9.17, 15) is 24.0 Å². The molecule has 182 valence electrons. The van der Waals surface area contributed by atoms with E-state index in [1.165, 1.54) is 52.7 Å². The highest BCUT2D eigenvalue weighted by Gasteiger charge is 2.22. The Morgan fingerprint density at radius 3 is 1.16 bits per heavy atom. The Morgan fingerprint density at radius 2 is 0.875 bits per heavy atom. The summed E-state index contributed by atoms with van der Waals surface area (Å²) in [6.45, 7) is 5.76. The fraction of sp³-hybridized carbons (Fsp3) is 0.667. The predicted octanol–water partition coefficient (Wildman–Crippen LogP) is -1.54. The van der Waals surface area contributed by atoms with Crippen molar-refractivity contribution in [2.24, 2.45) is 0 Å². The maximum Gasteiger partial charge on any atom is 0.242 e. The first kappa shape index (κ1) is 29.1. The smallest absolute Gasteiger partial charge is 0.242 e. The number of nitrogens with zero attached hydrogens (tertiary/aromatic N) is 5. The molecule has 32 heavy (non-hydrogen) atoms. The largest absolute Gasteiger partial charge is 0.340 e. The highest BCUT2D eigenvalue weighted by atomic mass is 16.2. The summed E-state index contributed by atoms with van der Waals surface area (Å²) in [5.41, 5.74) is 0.826. The zero-order valence-electron chi connectivity index (χ0n) is 20.4. The maximum absolute atomic E-state index is 12.4. The Kier molecular flexibility index (Phi) is 12.9. The normalized spacial score (nSPS) is 10.2. The van der Waals surface area contributed by atoms with Crippen LogP contribution in [0, 0.1) is 0 Å². The molecule has 0 unspecified atom stereocenters. The third-order valence-electron chi connectivity index (χ3n) is 4.71. The van der Waals surface area contributed by atoms with E-state index in [0.717, 1.165) is 5.57 Å². The number of likely N-dealkylation sites (N-methyl/N-ethyl adjacent to an activating group) is 5. The monoisotopic (exact) mass is 454 g/mol. The van der Waals surface area contributed by atoms with E-state index in [1.807, 2.05) is 0 Å². The molecule has 0 aliphatic carbocycles. The predicted molar refractivity (Wildman–Crippen MR) is 122 cm³/mol. The lowest BCUT2D eigenvalue weighted by atomic mass is 10.3. The topological polar surface area (TPSA) is 114 Å². The molecule has 0 aliphatic heterocycles. The lowest BCUT2D eigenvalue weighted by Crippen LogP contribution is -2.47. The Labute approximate surface area is 191 Å². The summed E-state index contributed by atoms with van der Waals surface area (Å²) < 4.78 is 0. The van der Waals surface area contributed by atoms with Crippen LogP contribution in [0.15, 0.2) is 12.2 Å². The second-order valence-corrected chi connectivity index (χ2v) is 8.06. The number of hydrogen-bond donors (Lipinski definition) is 1. The lowest BCUT2D eigenvalue weighted by Gasteiger charge is -2.26. The van der Waals surface area contributed by atoms with Crippen LogP contribution in [-0.2, 0) is 24.0 Å². The van der Waals surface area contributed by atoms with Gasteiger partial charge in [-0.25, -0.2) is 0 Å². The summed E-state index contributed by atoms with van der Waals surface area (Å²) in [4.78, 5) is 67.6. The zero-order valence-corrected chi connectivity index (χ0v) is 20.4. The van der Waals surface area contributed by atoms with E-state index in [1.54, 1.807) is 21.0 Å². The van der Waals surface area contributed by atoms with Crippen LogP contribution in [0.2, 0.25) is 0 Å². The fourth-order valence-electron chi connectivity index (χ4n) is 2.56. The summed E-state index contributed by atoms with van der Waals surface area (Å²) in [5, 5.41) is 2.87. The molecule has 0 radical (unpaired) electrons. The van der Waals surface area contributed by atoms with Crippen LogP contribution in [0.1, 0.15) is 13.3 Å². The summed E-state index contributed by atoms with van der Waals surface area (Å²) >= 11 is 0. The van der Waals surface area contributed by atoms with E-state index in [4.69, 9.17) is 0 Å². The molecule has 1 N–H and O–H groups in total. The van der Waals surface area contributed by atoms with Crippen molar-refractivity contribution in [2.75, 3.05) is 81.6 Å². The number of amides is 5. The van der Waals surface area contributed by atoms with Gasteiger partial charge in [0.1, 0.15) is 0 Å². The van der Waals surface area contributed by atoms with Gasteiger partial charge in [-0.2, -0.15) is 0 Å². The molecule has 0 fully saturated rings. The van der Waals surface area contributed by atoms with Gasteiger partial charge in [0.2, 0.25) is 29.5 Å². The molecule has 0 saturated carbocycles. The summed E-state index contributed by atoms with van der Waals surface area (Å²) in [6.07, 6.45) is 0.271. The van der Waals surface area contributed by atoms with Crippen molar-refractivity contribution in [3.63, 3.8) is 0 Å². The summed E-state index contributed by atoms with van der Waals surface area (Å²) in [6, 6.07) is 0. The fourth-order valence-corrected chi connectivity index (χ4v) is 2.56. The van der Waals surface area contributed by atoms with Gasteiger partial charge >= 0.3 is 0 Å². The Bertz CT molecular complexity index is 711. The van der Waals surface area contributed by atoms with Crippen LogP contribution in [0.5, 0.6) is 0 Å². The maximum atomic E-state index is 12.4. The molecule has 0 aromatic rings. The second-order valence-electron chi connectivity index (χ2n) is 8.06. The van der Waals surface area contributed by atoms with Crippen molar-refractivity contribution >= 4 is 29.5 Å². The molecule has 11 nitrogen and oxygen atoms in total. The van der Waals surface area contributed by atoms with Gasteiger partial charge in [0.15, 0.2) is 0 Å². The molecule has 0 atom stereocenters. The van der Waals surface area contributed by atoms with Gasteiger partial charge in [0, 0.05) is 54.7 Å². The minimum Gasteiger partial charge on any atom is -0.340 e. The Hall–Kier alpha value is -2.95. The first-order valence-electron chi connectivity index (χ1n) is 10.3. The van der Waals surface area contributed by atoms with Gasteiger partial charge in [-0.05, 0) is 14.0 Å². The van der Waals surface area contributed by atoms with Crippen LogP contribution in [-0.4, -0.2) is 136 Å². The van der Waals surface area contributed by atoms with Crippen molar-refractivity contribution in [1.82, 2.24) is 29.8 Å². The first-order chi connectivity index (χ1) is 14.8. The molecular weight excluding hydrogens is 416 g/mol. The van der Waals surface area contributed by atoms with Gasteiger partial charge in [-0.1, -0.05) is 12.2 Å². The average molecular weight is 455 g/mol. The molecule has 0 saturated heterocycles. The highest BCUT2D eigenvalue weighted by Crippen LogP contribution is 1.99. The quantitative estimate of drug-likeness (QED) is 0.338. The third kappa shape index (κ3) is 10.9. The Balaban J connectivity index is 4.60. The number of nitrogens with one attached hydrogen (secondary N) is 1. The van der Waals surface area contributed by atoms with Crippen molar-refractivity contribution in [2.45, 2.75) is 13.3 Å². The molecule has 0 rings (SSSR count). The molecule has 5 amide bonds. The molecule has 11 heteroatoms. The molecule has 0 aliphatic rings. The number of rotatable bonds is 13. The first-order valence-corrected chi connectivity index (χ1v) is 10.3. The van der Waals surface area contributed by atoms with Gasteiger partial charge in [-0.15, -0.1) is 0 Å². The van der Waals surface area contributed by atoms with Gasteiger partial charge in [0.25, 0.3) is 0 Å². The SMILES string of the molecule is C=C(C)CN(C)C(=O)CN(C)C(=O)CN(C)C(=O)CN(C)C(=O)CN(C)C(=O)CCNC. The van der Waals surface area contributed by atoms with Crippen LogP contribution >= 0.6 is 0 Å². The van der Waals surface area contributed by atoms with Gasteiger partial charge in [-0.3, -0.25) is 24.0 Å². The number of carbonyl (C=O) groups excluding carboxylic acids is 5. The van der Waals surface area contributed by atoms with Crippen molar-refractivity contribution in [1.29, 1.82) is 0 Å². The second kappa shape index (κ2) is 14.2. The molecule has 0 bridgehead atoms. The minimum atomic E-state index is -0.433. The average Bonchev–Trinajstić information content (AvgIpc) is 2.70. The molecular formula is C21H38N6O5. The van der Waals surface area contributed by atoms with E-state index in [-0.39, 0.29) is 50.3 Å². The lowest BCUT2D eigenvalue weighted by molar-refractivity contribution is -0.144. The van der Waals surface area contributed by atoms with Crippen molar-refractivity contribution in [3.05, 3.63) is 12.2 Å². The van der Waals surface area contributed by atoms with Crippen LogP contribution < -0.4 is 5.32 Å². The van der Waals surface area contributed by atoms with Crippen molar-refractivity contribution < 1.29 is 24.0 Å². The molecule has 0 aromatic heterocycles. The Morgan fingerprint density at radius 1 is 0.594 bits per heavy atom. The van der Waals surface area contributed by atoms with Gasteiger partial charge < -0.3 is 29.8 Å². The van der Waals surface area contributed by atoms with Gasteiger partial charge in [0.05, 0.1) is 26.2 Å². The van der Waals surface area contributed by atoms with E-state index < -0.39 is 11.8 Å². The highest BCUT2D eigenvalue weighted by molar-refractivity contribution is 5.91. The van der Waals surface area contributed by atoms with Crippen molar-refractivity contribution in [3.8, 4) is 0 Å². The minimum absolute atomic E-state index is 0.114. The van der Waals surface area contributed by atoms with Crippen LogP contribution in [0.25, 0.3) is 0 Å². The van der Waals surface area contributed by atoms with E-state index >= 15 is 0 Å². The van der Waals surface area contributed by atoms with Crippen LogP contribution in [0.4, 0.5) is 0 Å². The molecule has 0 aromatic carbocycles. The summed E-state index contributed by atoms with van der Waals surface area (Å²) in [5.74, 6) is -1.64.